The molecule has 5 heteroatoms. The fourth-order valence-electron chi connectivity index (χ4n) is 3.71. The Morgan fingerprint density at radius 2 is 2.16 bits per heavy atom. The molecule has 0 aliphatic carbocycles. The van der Waals surface area contributed by atoms with Crippen molar-refractivity contribution in [3.8, 4) is 0 Å². The molecule has 0 spiro atoms. The average Bonchev–Trinajstić information content (AvgIpc) is 3.09. The van der Waals surface area contributed by atoms with Crippen molar-refractivity contribution >= 4 is 23.1 Å². The van der Waals surface area contributed by atoms with Gasteiger partial charge in [-0.15, -0.1) is 11.3 Å². The predicted molar refractivity (Wildman–Crippen MR) is 99.8 cm³/mol. The van der Waals surface area contributed by atoms with Gasteiger partial charge in [0.2, 0.25) is 5.78 Å². The second kappa shape index (κ2) is 7.56. The number of carbonyl (C=O) groups excluding carboxylic acids is 1. The maximum Gasteiger partial charge on any atom is 0.312 e. The van der Waals surface area contributed by atoms with Crippen molar-refractivity contribution in [3.63, 3.8) is 0 Å². The van der Waals surface area contributed by atoms with Crippen LogP contribution in [0.3, 0.4) is 0 Å². The quantitative estimate of drug-likeness (QED) is 0.755. The summed E-state index contributed by atoms with van der Waals surface area (Å²) < 4.78 is 2.01. The molecule has 1 N–H and O–H groups in total. The summed E-state index contributed by atoms with van der Waals surface area (Å²) in [5.41, 5.74) is 3.55. The third-order valence-corrected chi connectivity index (χ3v) is 6.09. The second-order valence-electron chi connectivity index (χ2n) is 6.85. The van der Waals surface area contributed by atoms with E-state index in [1.54, 1.807) is 0 Å². The van der Waals surface area contributed by atoms with Crippen LogP contribution in [0.4, 0.5) is 0 Å². The van der Waals surface area contributed by atoms with E-state index < -0.39 is 11.9 Å². The fourth-order valence-corrected chi connectivity index (χ4v) is 4.58. The highest BCUT2D eigenvalue weighted by Crippen LogP contribution is 2.34. The first kappa shape index (κ1) is 17.9. The molecular formula is C20H25NO3S. The van der Waals surface area contributed by atoms with Crippen LogP contribution in [0, 0.1) is 6.92 Å². The second-order valence-corrected chi connectivity index (χ2v) is 7.76. The van der Waals surface area contributed by atoms with Gasteiger partial charge in [-0.3, -0.25) is 9.59 Å². The molecule has 2 aromatic rings. The van der Waals surface area contributed by atoms with E-state index in [4.69, 9.17) is 0 Å². The summed E-state index contributed by atoms with van der Waals surface area (Å²) in [5.74, 6) is -1.24. The van der Waals surface area contributed by atoms with Gasteiger partial charge >= 0.3 is 5.97 Å². The molecule has 3 rings (SSSR count). The van der Waals surface area contributed by atoms with E-state index in [1.807, 2.05) is 29.0 Å². The molecule has 1 aliphatic heterocycles. The summed E-state index contributed by atoms with van der Waals surface area (Å²) in [6.07, 6.45) is 5.34. The van der Waals surface area contributed by atoms with Crippen LogP contribution in [0.25, 0.3) is 0 Å². The lowest BCUT2D eigenvalue weighted by molar-refractivity contribution is -0.139. The molecule has 3 heterocycles. The van der Waals surface area contributed by atoms with E-state index in [0.29, 0.717) is 6.42 Å². The third kappa shape index (κ3) is 3.43. The zero-order valence-electron chi connectivity index (χ0n) is 14.9. The van der Waals surface area contributed by atoms with E-state index >= 15 is 0 Å². The number of aliphatic carboxylic acids is 1. The smallest absolute Gasteiger partial charge is 0.312 e. The summed E-state index contributed by atoms with van der Waals surface area (Å²) in [6, 6.07) is 3.96. The summed E-state index contributed by atoms with van der Waals surface area (Å²) in [5, 5.41) is 11.6. The third-order valence-electron chi connectivity index (χ3n) is 5.07. The number of carbonyl (C=O) groups is 2. The van der Waals surface area contributed by atoms with Crippen molar-refractivity contribution in [2.24, 2.45) is 0 Å². The summed E-state index contributed by atoms with van der Waals surface area (Å²) in [4.78, 5) is 25.8. The van der Waals surface area contributed by atoms with E-state index in [9.17, 15) is 14.7 Å². The van der Waals surface area contributed by atoms with Gasteiger partial charge in [0.1, 0.15) is 0 Å². The molecule has 2 aromatic heterocycles. The van der Waals surface area contributed by atoms with Crippen molar-refractivity contribution < 1.29 is 14.7 Å². The molecule has 0 saturated carbocycles. The normalized spacial score (nSPS) is 17.1. The van der Waals surface area contributed by atoms with Gasteiger partial charge in [0.15, 0.2) is 0 Å². The number of hydrogen-bond acceptors (Lipinski definition) is 3. The maximum absolute atomic E-state index is 13.3. The van der Waals surface area contributed by atoms with E-state index in [0.717, 1.165) is 66.0 Å². The highest BCUT2D eigenvalue weighted by Gasteiger charge is 2.31. The first-order valence-electron chi connectivity index (χ1n) is 9.08. The van der Waals surface area contributed by atoms with Gasteiger partial charge in [0.05, 0.1) is 16.5 Å². The number of carboxylic acid groups (broad SMARTS) is 1. The zero-order chi connectivity index (χ0) is 18.0. The van der Waals surface area contributed by atoms with Crippen LogP contribution < -0.4 is 0 Å². The highest BCUT2D eigenvalue weighted by atomic mass is 32.1. The van der Waals surface area contributed by atoms with Crippen LogP contribution in [0.2, 0.25) is 0 Å². The van der Waals surface area contributed by atoms with Crippen molar-refractivity contribution in [1.82, 2.24) is 4.57 Å². The first-order chi connectivity index (χ1) is 12.0. The lowest BCUT2D eigenvalue weighted by Crippen LogP contribution is -2.17. The van der Waals surface area contributed by atoms with E-state index in [2.05, 4.69) is 6.92 Å². The van der Waals surface area contributed by atoms with E-state index in [-0.39, 0.29) is 5.78 Å². The Morgan fingerprint density at radius 1 is 1.36 bits per heavy atom. The number of aromatic nitrogens is 1. The summed E-state index contributed by atoms with van der Waals surface area (Å²) in [7, 11) is 0. The lowest BCUT2D eigenvalue weighted by atomic mass is 9.98. The number of fused-ring (bicyclic) bond motifs is 1. The molecule has 4 nitrogen and oxygen atoms in total. The Morgan fingerprint density at radius 3 is 2.80 bits per heavy atom. The minimum atomic E-state index is -0.783. The number of nitrogens with zero attached hydrogens (tertiary/aromatic N) is 1. The highest BCUT2D eigenvalue weighted by molar-refractivity contribution is 7.12. The molecule has 0 amide bonds. The molecule has 0 saturated heterocycles. The van der Waals surface area contributed by atoms with Gasteiger partial charge < -0.3 is 9.67 Å². The number of rotatable bonds is 6. The van der Waals surface area contributed by atoms with Crippen molar-refractivity contribution in [2.45, 2.75) is 64.8 Å². The van der Waals surface area contributed by atoms with Crippen molar-refractivity contribution in [2.75, 3.05) is 0 Å². The van der Waals surface area contributed by atoms with Crippen LogP contribution in [0.5, 0.6) is 0 Å². The van der Waals surface area contributed by atoms with Gasteiger partial charge in [-0.2, -0.15) is 0 Å². The van der Waals surface area contributed by atoms with Crippen molar-refractivity contribution in [3.05, 3.63) is 44.9 Å². The first-order valence-corrected chi connectivity index (χ1v) is 9.96. The number of aryl methyl sites for hydroxylation is 2. The van der Waals surface area contributed by atoms with Crippen LogP contribution in [-0.2, 0) is 17.8 Å². The molecule has 1 aliphatic rings. The van der Waals surface area contributed by atoms with Gasteiger partial charge in [-0.1, -0.05) is 19.8 Å². The van der Waals surface area contributed by atoms with Gasteiger partial charge in [0, 0.05) is 12.2 Å². The molecule has 1 atom stereocenters. The predicted octanol–water partition coefficient (Wildman–Crippen LogP) is 4.78. The Kier molecular flexibility index (Phi) is 5.42. The molecule has 0 fully saturated rings. The summed E-state index contributed by atoms with van der Waals surface area (Å²) in [6.45, 7) is 4.82. The number of carboxylic acids is 1. The molecule has 0 aromatic carbocycles. The number of ketones is 1. The van der Waals surface area contributed by atoms with Gasteiger partial charge in [-0.25, -0.2) is 0 Å². The molecule has 134 valence electrons. The molecular weight excluding hydrogens is 334 g/mol. The van der Waals surface area contributed by atoms with Gasteiger partial charge in [0.25, 0.3) is 0 Å². The Hall–Kier alpha value is -1.88. The monoisotopic (exact) mass is 359 g/mol. The Labute approximate surface area is 152 Å². The molecule has 0 bridgehead atoms. The topological polar surface area (TPSA) is 59.3 Å². The Bertz CT molecular complexity index is 787. The standard InChI is InChI=1S/C20H25NO3S/c1-3-4-7-14-12-16-15(20(23)24)8-5-6-10-21(16)17(14)18(22)19-13(2)9-11-25-19/h9,11-12,15H,3-8,10H2,1-2H3,(H,23,24). The lowest BCUT2D eigenvalue weighted by Gasteiger charge is -2.13. The molecule has 1 unspecified atom stereocenters. The van der Waals surface area contributed by atoms with Crippen LogP contribution in [0.1, 0.15) is 77.1 Å². The van der Waals surface area contributed by atoms with Gasteiger partial charge in [-0.05, 0) is 61.2 Å². The minimum absolute atomic E-state index is 0.0518. The van der Waals surface area contributed by atoms with E-state index in [1.165, 1.54) is 11.3 Å². The zero-order valence-corrected chi connectivity index (χ0v) is 15.7. The van der Waals surface area contributed by atoms with Crippen LogP contribution in [-0.4, -0.2) is 21.4 Å². The average molecular weight is 359 g/mol. The largest absolute Gasteiger partial charge is 0.481 e. The number of unbranched alkanes of at least 4 members (excludes halogenated alkanes) is 1. The van der Waals surface area contributed by atoms with Crippen LogP contribution in [0.15, 0.2) is 17.5 Å². The fraction of sp³-hybridized carbons (Fsp3) is 0.500. The summed E-state index contributed by atoms with van der Waals surface area (Å²) >= 11 is 1.47. The maximum atomic E-state index is 13.3. The van der Waals surface area contributed by atoms with Crippen molar-refractivity contribution in [1.29, 1.82) is 0 Å². The Balaban J connectivity index is 2.13. The molecule has 25 heavy (non-hydrogen) atoms. The SMILES string of the molecule is CCCCc1cc2n(c1C(=O)c1sccc1C)CCCCC2C(=O)O. The molecule has 0 radical (unpaired) electrons. The minimum Gasteiger partial charge on any atom is -0.481 e. The number of thiophene rings is 1. The number of hydrogen-bond donors (Lipinski definition) is 1. The van der Waals surface area contributed by atoms with Crippen LogP contribution >= 0.6 is 11.3 Å².